The molecule has 4 nitrogen and oxygen atoms in total. The Hall–Kier alpha value is -1.26. The van der Waals surface area contributed by atoms with E-state index in [1.165, 1.54) is 6.07 Å². The summed E-state index contributed by atoms with van der Waals surface area (Å²) >= 11 is 5.69. The van der Waals surface area contributed by atoms with Crippen molar-refractivity contribution in [2.24, 2.45) is 0 Å². The fraction of sp³-hybridized carbons (Fsp3) is 0.222. The summed E-state index contributed by atoms with van der Waals surface area (Å²) in [5.74, 6) is -0.276. The number of benzene rings is 1. The van der Waals surface area contributed by atoms with Crippen molar-refractivity contribution in [3.05, 3.63) is 28.8 Å². The molecule has 0 radical (unpaired) electrons. The van der Waals surface area contributed by atoms with Gasteiger partial charge < -0.3 is 16.2 Å². The van der Waals surface area contributed by atoms with Crippen molar-refractivity contribution in [1.29, 1.82) is 0 Å². The zero-order valence-corrected chi connectivity index (χ0v) is 8.21. The van der Waals surface area contributed by atoms with Crippen LogP contribution in [-0.2, 0) is 0 Å². The van der Waals surface area contributed by atoms with E-state index >= 15 is 0 Å². The maximum atomic E-state index is 11.3. The minimum atomic E-state index is -0.276. The minimum absolute atomic E-state index is 0.0885. The lowest BCUT2D eigenvalue weighted by molar-refractivity contribution is 0.0945. The highest BCUT2D eigenvalue weighted by Crippen LogP contribution is 2.19. The second-order valence-electron chi connectivity index (χ2n) is 2.72. The van der Waals surface area contributed by atoms with Crippen molar-refractivity contribution in [2.45, 2.75) is 0 Å². The van der Waals surface area contributed by atoms with Crippen molar-refractivity contribution >= 4 is 23.2 Å². The first-order chi connectivity index (χ1) is 6.65. The summed E-state index contributed by atoms with van der Waals surface area (Å²) < 4.78 is 0. The van der Waals surface area contributed by atoms with Gasteiger partial charge in [0.1, 0.15) is 0 Å². The van der Waals surface area contributed by atoms with Crippen LogP contribution in [0.3, 0.4) is 0 Å². The Morgan fingerprint density at radius 2 is 2.29 bits per heavy atom. The number of halogens is 1. The molecule has 1 aromatic carbocycles. The summed E-state index contributed by atoms with van der Waals surface area (Å²) in [4.78, 5) is 11.3. The van der Waals surface area contributed by atoms with Gasteiger partial charge in [0.15, 0.2) is 0 Å². The second kappa shape index (κ2) is 4.83. The number of hydrogen-bond donors (Lipinski definition) is 3. The molecule has 0 bridgehead atoms. The van der Waals surface area contributed by atoms with Crippen molar-refractivity contribution in [2.75, 3.05) is 18.9 Å². The van der Waals surface area contributed by atoms with Gasteiger partial charge >= 0.3 is 0 Å². The second-order valence-corrected chi connectivity index (χ2v) is 3.12. The van der Waals surface area contributed by atoms with Crippen LogP contribution in [0.15, 0.2) is 18.2 Å². The summed E-state index contributed by atoms with van der Waals surface area (Å²) in [6.07, 6.45) is 0. The standard InChI is InChI=1S/C9H11ClN2O2/c10-7-2-1-6(5-8(7)11)9(14)12-3-4-13/h1-2,5,13H,3-4,11H2,(H,12,14). The van der Waals surface area contributed by atoms with E-state index in [-0.39, 0.29) is 19.1 Å². The lowest BCUT2D eigenvalue weighted by Gasteiger charge is -2.04. The molecule has 0 aromatic heterocycles. The van der Waals surface area contributed by atoms with E-state index in [1.807, 2.05) is 0 Å². The lowest BCUT2D eigenvalue weighted by Crippen LogP contribution is -2.26. The fourth-order valence-corrected chi connectivity index (χ4v) is 1.07. The van der Waals surface area contributed by atoms with Gasteiger partial charge in [-0.3, -0.25) is 4.79 Å². The third-order valence-electron chi connectivity index (χ3n) is 1.66. The molecular weight excluding hydrogens is 204 g/mol. The number of aliphatic hydroxyl groups is 1. The summed E-state index contributed by atoms with van der Waals surface area (Å²) in [7, 11) is 0. The van der Waals surface area contributed by atoms with Crippen molar-refractivity contribution in [3.8, 4) is 0 Å². The zero-order valence-electron chi connectivity index (χ0n) is 7.46. The number of rotatable bonds is 3. The predicted octanol–water partition coefficient (Wildman–Crippen LogP) is 0.644. The molecule has 0 aliphatic carbocycles. The van der Waals surface area contributed by atoms with Crippen LogP contribution in [0.1, 0.15) is 10.4 Å². The maximum absolute atomic E-state index is 11.3. The van der Waals surface area contributed by atoms with Gasteiger partial charge in [-0.2, -0.15) is 0 Å². The maximum Gasteiger partial charge on any atom is 0.251 e. The van der Waals surface area contributed by atoms with Gasteiger partial charge in [-0.05, 0) is 18.2 Å². The molecule has 0 saturated carbocycles. The quantitative estimate of drug-likeness (QED) is 0.647. The Balaban J connectivity index is 2.76. The number of nitrogens with two attached hydrogens (primary N) is 1. The van der Waals surface area contributed by atoms with E-state index in [9.17, 15) is 4.79 Å². The average molecular weight is 215 g/mol. The summed E-state index contributed by atoms with van der Waals surface area (Å²) in [6, 6.07) is 4.63. The topological polar surface area (TPSA) is 75.4 Å². The SMILES string of the molecule is Nc1cc(C(=O)NCCO)ccc1Cl. The summed E-state index contributed by atoms with van der Waals surface area (Å²) in [5.41, 5.74) is 6.32. The molecule has 1 amide bonds. The molecule has 0 aliphatic heterocycles. The predicted molar refractivity (Wildman–Crippen MR) is 55.3 cm³/mol. The number of carbonyl (C=O) groups excluding carboxylic acids is 1. The molecule has 0 fully saturated rings. The average Bonchev–Trinajstić information content (AvgIpc) is 2.18. The lowest BCUT2D eigenvalue weighted by atomic mass is 10.2. The van der Waals surface area contributed by atoms with Crippen molar-refractivity contribution in [3.63, 3.8) is 0 Å². The molecule has 14 heavy (non-hydrogen) atoms. The molecule has 1 rings (SSSR count). The number of aliphatic hydroxyl groups excluding tert-OH is 1. The van der Waals surface area contributed by atoms with E-state index in [0.717, 1.165) is 0 Å². The van der Waals surface area contributed by atoms with Gasteiger partial charge in [0.05, 0.1) is 17.3 Å². The molecule has 0 heterocycles. The fourth-order valence-electron chi connectivity index (χ4n) is 0.956. The van der Waals surface area contributed by atoms with Crippen LogP contribution in [0.5, 0.6) is 0 Å². The molecule has 5 heteroatoms. The van der Waals surface area contributed by atoms with Gasteiger partial charge in [-0.15, -0.1) is 0 Å². The number of nitrogen functional groups attached to an aromatic ring is 1. The Morgan fingerprint density at radius 1 is 1.57 bits per heavy atom. The Kier molecular flexibility index (Phi) is 3.73. The third kappa shape index (κ3) is 2.61. The van der Waals surface area contributed by atoms with E-state index in [4.69, 9.17) is 22.4 Å². The first-order valence-electron chi connectivity index (χ1n) is 4.09. The number of carbonyl (C=O) groups is 1. The van der Waals surface area contributed by atoms with Crippen LogP contribution < -0.4 is 11.1 Å². The number of hydrogen-bond acceptors (Lipinski definition) is 3. The highest BCUT2D eigenvalue weighted by molar-refractivity contribution is 6.33. The minimum Gasteiger partial charge on any atom is -0.398 e. The number of anilines is 1. The van der Waals surface area contributed by atoms with Gasteiger partial charge in [0.25, 0.3) is 5.91 Å². The highest BCUT2D eigenvalue weighted by Gasteiger charge is 2.05. The van der Waals surface area contributed by atoms with E-state index in [1.54, 1.807) is 12.1 Å². The third-order valence-corrected chi connectivity index (χ3v) is 2.00. The van der Waals surface area contributed by atoms with Crippen LogP contribution in [0.4, 0.5) is 5.69 Å². The molecule has 0 atom stereocenters. The first-order valence-corrected chi connectivity index (χ1v) is 4.47. The Labute approximate surface area is 86.7 Å². The number of amides is 1. The Morgan fingerprint density at radius 3 is 2.86 bits per heavy atom. The smallest absolute Gasteiger partial charge is 0.251 e. The van der Waals surface area contributed by atoms with Gasteiger partial charge in [-0.25, -0.2) is 0 Å². The van der Waals surface area contributed by atoms with Crippen LogP contribution in [0.2, 0.25) is 5.02 Å². The number of nitrogens with one attached hydrogen (secondary N) is 1. The van der Waals surface area contributed by atoms with Crippen LogP contribution in [0, 0.1) is 0 Å². The molecule has 4 N–H and O–H groups in total. The largest absolute Gasteiger partial charge is 0.398 e. The molecule has 76 valence electrons. The zero-order chi connectivity index (χ0) is 10.6. The highest BCUT2D eigenvalue weighted by atomic mass is 35.5. The normalized spacial score (nSPS) is 9.86. The van der Waals surface area contributed by atoms with Crippen LogP contribution in [-0.4, -0.2) is 24.2 Å². The monoisotopic (exact) mass is 214 g/mol. The van der Waals surface area contributed by atoms with Gasteiger partial charge in [-0.1, -0.05) is 11.6 Å². The van der Waals surface area contributed by atoms with Crippen molar-refractivity contribution < 1.29 is 9.90 Å². The first kappa shape index (κ1) is 10.8. The molecule has 0 unspecified atom stereocenters. The molecule has 0 aliphatic rings. The van der Waals surface area contributed by atoms with Gasteiger partial charge in [0.2, 0.25) is 0 Å². The Bertz CT molecular complexity index is 342. The van der Waals surface area contributed by atoms with Crippen molar-refractivity contribution in [1.82, 2.24) is 5.32 Å². The van der Waals surface area contributed by atoms with Crippen LogP contribution in [0.25, 0.3) is 0 Å². The van der Waals surface area contributed by atoms with Crippen LogP contribution >= 0.6 is 11.6 Å². The summed E-state index contributed by atoms with van der Waals surface area (Å²) in [5, 5.41) is 11.4. The molecule has 0 saturated heterocycles. The van der Waals surface area contributed by atoms with E-state index in [0.29, 0.717) is 16.3 Å². The van der Waals surface area contributed by atoms with Gasteiger partial charge in [0, 0.05) is 12.1 Å². The molecule has 0 spiro atoms. The molecule has 1 aromatic rings. The van der Waals surface area contributed by atoms with E-state index in [2.05, 4.69) is 5.32 Å². The molecular formula is C9H11ClN2O2. The van der Waals surface area contributed by atoms with E-state index < -0.39 is 0 Å². The summed E-state index contributed by atoms with van der Waals surface area (Å²) in [6.45, 7) is 0.135.